The molecular formula is C37H26N4S. The van der Waals surface area contributed by atoms with E-state index in [1.54, 1.807) is 11.8 Å². The summed E-state index contributed by atoms with van der Waals surface area (Å²) < 4.78 is 0. The highest BCUT2D eigenvalue weighted by atomic mass is 32.2. The molecule has 0 saturated carbocycles. The molecule has 0 atom stereocenters. The summed E-state index contributed by atoms with van der Waals surface area (Å²) in [5.74, 6) is 0.665. The third-order valence-corrected chi connectivity index (χ3v) is 9.01. The van der Waals surface area contributed by atoms with Crippen molar-refractivity contribution in [1.82, 2.24) is 15.0 Å². The van der Waals surface area contributed by atoms with Crippen molar-refractivity contribution in [2.24, 2.45) is 0 Å². The molecule has 3 heterocycles. The van der Waals surface area contributed by atoms with Gasteiger partial charge in [0.25, 0.3) is 0 Å². The Morgan fingerprint density at radius 3 is 2.02 bits per heavy atom. The quantitative estimate of drug-likeness (QED) is 0.216. The maximum atomic E-state index is 9.78. The van der Waals surface area contributed by atoms with E-state index in [-0.39, 0.29) is 5.41 Å². The van der Waals surface area contributed by atoms with Gasteiger partial charge in [-0.1, -0.05) is 117 Å². The standard InChI is InChI=1S/C37H26N4S/c1-37(2)28-20-19-26(21-34(28)42-35-27(23-38)15-9-16-29(35)37)30-17-10-18-31(39-30)33-22-32(24-11-5-3-6-12-24)40-36(41-33)25-13-7-4-8-14-25/h3-22H,1-2H3. The lowest BCUT2D eigenvalue weighted by Gasteiger charge is -2.35. The molecule has 1 aliphatic heterocycles. The predicted molar refractivity (Wildman–Crippen MR) is 169 cm³/mol. The largest absolute Gasteiger partial charge is 0.246 e. The first-order valence-corrected chi connectivity index (χ1v) is 14.7. The van der Waals surface area contributed by atoms with Crippen molar-refractivity contribution < 1.29 is 0 Å². The number of hydrogen-bond acceptors (Lipinski definition) is 5. The fourth-order valence-corrected chi connectivity index (χ4v) is 7.05. The van der Waals surface area contributed by atoms with Gasteiger partial charge in [0, 0.05) is 31.9 Å². The minimum atomic E-state index is -0.209. The predicted octanol–water partition coefficient (Wildman–Crippen LogP) is 9.20. The van der Waals surface area contributed by atoms with E-state index in [9.17, 15) is 5.26 Å². The molecule has 0 saturated heterocycles. The Kier molecular flexibility index (Phi) is 6.42. The number of nitrogens with zero attached hydrogens (tertiary/aromatic N) is 4. The van der Waals surface area contributed by atoms with Crippen molar-refractivity contribution in [3.8, 4) is 51.4 Å². The third kappa shape index (κ3) is 4.56. The van der Waals surface area contributed by atoms with Crippen LogP contribution in [0.3, 0.4) is 0 Å². The molecule has 0 unspecified atom stereocenters. The van der Waals surface area contributed by atoms with Crippen molar-refractivity contribution in [3.63, 3.8) is 0 Å². The highest BCUT2D eigenvalue weighted by Crippen LogP contribution is 2.50. The Morgan fingerprint density at radius 1 is 0.571 bits per heavy atom. The van der Waals surface area contributed by atoms with Crippen LogP contribution >= 0.6 is 11.8 Å². The van der Waals surface area contributed by atoms with Crippen LogP contribution in [0.2, 0.25) is 0 Å². The van der Waals surface area contributed by atoms with E-state index >= 15 is 0 Å². The van der Waals surface area contributed by atoms with Gasteiger partial charge in [-0.2, -0.15) is 5.26 Å². The van der Waals surface area contributed by atoms with Crippen molar-refractivity contribution in [2.75, 3.05) is 0 Å². The molecule has 0 N–H and O–H groups in total. The van der Waals surface area contributed by atoms with Crippen molar-refractivity contribution in [3.05, 3.63) is 138 Å². The smallest absolute Gasteiger partial charge is 0.160 e. The van der Waals surface area contributed by atoms with Crippen molar-refractivity contribution in [2.45, 2.75) is 29.1 Å². The summed E-state index contributed by atoms with van der Waals surface area (Å²) in [5, 5.41) is 9.78. The molecule has 7 rings (SSSR count). The van der Waals surface area contributed by atoms with Gasteiger partial charge < -0.3 is 0 Å². The van der Waals surface area contributed by atoms with E-state index < -0.39 is 0 Å². The van der Waals surface area contributed by atoms with Gasteiger partial charge in [-0.25, -0.2) is 15.0 Å². The van der Waals surface area contributed by atoms with Gasteiger partial charge in [0.15, 0.2) is 5.82 Å². The van der Waals surface area contributed by atoms with E-state index in [0.29, 0.717) is 11.4 Å². The molecule has 0 spiro atoms. The van der Waals surface area contributed by atoms with Crippen LogP contribution in [0.1, 0.15) is 30.5 Å². The van der Waals surface area contributed by atoms with Crippen LogP contribution in [-0.2, 0) is 5.41 Å². The van der Waals surface area contributed by atoms with Gasteiger partial charge in [-0.15, -0.1) is 0 Å². The SMILES string of the molecule is CC1(C)c2ccc(-c3cccc(-c4cc(-c5ccccc5)nc(-c5ccccc5)n4)n3)cc2Sc2c(C#N)cccc21. The van der Waals surface area contributed by atoms with Gasteiger partial charge >= 0.3 is 0 Å². The highest BCUT2D eigenvalue weighted by Gasteiger charge is 2.34. The molecule has 4 aromatic carbocycles. The molecule has 4 nitrogen and oxygen atoms in total. The van der Waals surface area contributed by atoms with Gasteiger partial charge in [0.1, 0.15) is 6.07 Å². The van der Waals surface area contributed by atoms with Crippen LogP contribution in [0.25, 0.3) is 45.3 Å². The molecule has 0 radical (unpaired) electrons. The molecule has 0 fully saturated rings. The second kappa shape index (κ2) is 10.4. The Morgan fingerprint density at radius 2 is 1.26 bits per heavy atom. The van der Waals surface area contributed by atoms with Gasteiger partial charge in [-0.3, -0.25) is 0 Å². The van der Waals surface area contributed by atoms with Crippen molar-refractivity contribution in [1.29, 1.82) is 5.26 Å². The second-order valence-electron chi connectivity index (χ2n) is 10.8. The monoisotopic (exact) mass is 558 g/mol. The zero-order valence-electron chi connectivity index (χ0n) is 23.2. The summed E-state index contributed by atoms with van der Waals surface area (Å²) in [6.45, 7) is 4.46. The lowest BCUT2D eigenvalue weighted by Crippen LogP contribution is -2.24. The van der Waals surface area contributed by atoms with Crippen LogP contribution < -0.4 is 0 Å². The topological polar surface area (TPSA) is 62.5 Å². The number of rotatable bonds is 4. The maximum Gasteiger partial charge on any atom is 0.160 e. The van der Waals surface area contributed by atoms with Gasteiger partial charge in [-0.05, 0) is 41.5 Å². The van der Waals surface area contributed by atoms with Crippen LogP contribution in [0.4, 0.5) is 0 Å². The van der Waals surface area contributed by atoms with E-state index in [4.69, 9.17) is 15.0 Å². The summed E-state index contributed by atoms with van der Waals surface area (Å²) >= 11 is 1.67. The van der Waals surface area contributed by atoms with Gasteiger partial charge in [0.2, 0.25) is 0 Å². The zero-order valence-corrected chi connectivity index (χ0v) is 24.1. The first-order valence-electron chi connectivity index (χ1n) is 13.8. The van der Waals surface area contributed by atoms with Crippen LogP contribution in [0, 0.1) is 11.3 Å². The fraction of sp³-hybridized carbons (Fsp3) is 0.0811. The molecule has 6 aromatic rings. The minimum absolute atomic E-state index is 0.209. The number of fused-ring (bicyclic) bond motifs is 2. The number of benzene rings is 4. The van der Waals surface area contributed by atoms with E-state index in [0.717, 1.165) is 49.3 Å². The molecule has 0 amide bonds. The molecule has 0 bridgehead atoms. The summed E-state index contributed by atoms with van der Waals surface area (Å²) in [6, 6.07) is 43.3. The zero-order chi connectivity index (χ0) is 28.7. The second-order valence-corrected chi connectivity index (χ2v) is 11.9. The molecule has 200 valence electrons. The molecular weight excluding hydrogens is 533 g/mol. The lowest BCUT2D eigenvalue weighted by molar-refractivity contribution is 0.607. The average Bonchev–Trinajstić information content (AvgIpc) is 3.05. The summed E-state index contributed by atoms with van der Waals surface area (Å²) in [5.41, 5.74) is 9.24. The molecule has 0 aliphatic carbocycles. The molecule has 1 aliphatic rings. The first kappa shape index (κ1) is 25.9. The summed E-state index contributed by atoms with van der Waals surface area (Å²) in [6.07, 6.45) is 0. The molecule has 42 heavy (non-hydrogen) atoms. The lowest BCUT2D eigenvalue weighted by atomic mass is 9.77. The third-order valence-electron chi connectivity index (χ3n) is 7.81. The highest BCUT2D eigenvalue weighted by molar-refractivity contribution is 7.99. The van der Waals surface area contributed by atoms with Crippen LogP contribution in [-0.4, -0.2) is 15.0 Å². The number of pyridine rings is 1. The van der Waals surface area contributed by atoms with Crippen LogP contribution in [0.5, 0.6) is 0 Å². The normalized spacial score (nSPS) is 13.1. The summed E-state index contributed by atoms with van der Waals surface area (Å²) in [4.78, 5) is 17.2. The number of nitriles is 1. The average molecular weight is 559 g/mol. The Bertz CT molecular complexity index is 1940. The van der Waals surface area contributed by atoms with E-state index in [1.807, 2.05) is 84.9 Å². The Labute approximate surface area is 249 Å². The van der Waals surface area contributed by atoms with Crippen molar-refractivity contribution >= 4 is 11.8 Å². The maximum absolute atomic E-state index is 9.78. The fourth-order valence-electron chi connectivity index (χ4n) is 5.55. The minimum Gasteiger partial charge on any atom is -0.246 e. The summed E-state index contributed by atoms with van der Waals surface area (Å²) in [7, 11) is 0. The van der Waals surface area contributed by atoms with Gasteiger partial charge in [0.05, 0.1) is 28.3 Å². The van der Waals surface area contributed by atoms with E-state index in [2.05, 4.69) is 56.3 Å². The Balaban J connectivity index is 1.32. The van der Waals surface area contributed by atoms with Crippen LogP contribution in [0.15, 0.2) is 131 Å². The number of aromatic nitrogens is 3. The number of hydrogen-bond donors (Lipinski definition) is 0. The molecule has 2 aromatic heterocycles. The van der Waals surface area contributed by atoms with E-state index in [1.165, 1.54) is 11.1 Å². The molecule has 5 heteroatoms. The first-order chi connectivity index (χ1) is 20.5. The Hall–Kier alpha value is -5.05.